The Morgan fingerprint density at radius 1 is 1.50 bits per heavy atom. The minimum absolute atomic E-state index is 0.0833. The predicted octanol–water partition coefficient (Wildman–Crippen LogP) is 0.825. The number of hydrogen-bond donors (Lipinski definition) is 2. The van der Waals surface area contributed by atoms with Crippen molar-refractivity contribution < 1.29 is 4.79 Å². The Bertz CT molecular complexity index is 187. The van der Waals surface area contributed by atoms with Crippen LogP contribution in [-0.2, 0) is 4.79 Å². The smallest absolute Gasteiger partial charge is 0.232 e. The number of rotatable bonds is 4. The van der Waals surface area contributed by atoms with Gasteiger partial charge in [0.1, 0.15) is 0 Å². The fourth-order valence-corrected chi connectivity index (χ4v) is 1.65. The van der Waals surface area contributed by atoms with Gasteiger partial charge in [-0.05, 0) is 12.8 Å². The molecule has 0 aliphatic carbocycles. The van der Waals surface area contributed by atoms with Gasteiger partial charge in [0.15, 0.2) is 0 Å². The highest BCUT2D eigenvalue weighted by atomic mass is 32.1. The lowest BCUT2D eigenvalue weighted by Gasteiger charge is -2.27. The highest BCUT2D eigenvalue weighted by molar-refractivity contribution is 7.80. The summed E-state index contributed by atoms with van der Waals surface area (Å²) < 4.78 is 0. The van der Waals surface area contributed by atoms with Gasteiger partial charge in [0.05, 0.1) is 10.4 Å². The normalized spacial score (nSPS) is 10.9. The molecule has 12 heavy (non-hydrogen) atoms. The summed E-state index contributed by atoms with van der Waals surface area (Å²) in [7, 11) is 1.60. The van der Waals surface area contributed by atoms with Crippen LogP contribution in [0, 0.1) is 5.41 Å². The van der Waals surface area contributed by atoms with Gasteiger partial charge in [-0.2, -0.15) is 0 Å². The molecule has 0 aromatic heterocycles. The van der Waals surface area contributed by atoms with E-state index in [0.717, 1.165) is 0 Å². The molecule has 0 spiro atoms. The molecule has 0 unspecified atom stereocenters. The molecule has 0 aromatic rings. The van der Waals surface area contributed by atoms with Crippen LogP contribution in [-0.4, -0.2) is 17.9 Å². The summed E-state index contributed by atoms with van der Waals surface area (Å²) >= 11 is 4.89. The molecule has 0 heterocycles. The standard InChI is InChI=1S/C8H16N2OS/c1-4-8(5-2,6(9)12)7(11)10-3/h4-5H2,1-3H3,(H2,9,12)(H,10,11). The van der Waals surface area contributed by atoms with Crippen molar-refractivity contribution in [2.24, 2.45) is 11.1 Å². The molecule has 0 aliphatic rings. The number of amides is 1. The fourth-order valence-electron chi connectivity index (χ4n) is 1.27. The molecule has 0 atom stereocenters. The quantitative estimate of drug-likeness (QED) is 0.642. The summed E-state index contributed by atoms with van der Waals surface area (Å²) in [6.45, 7) is 3.83. The Balaban J connectivity index is 4.82. The number of carbonyl (C=O) groups excluding carboxylic acids is 1. The Kier molecular flexibility index (Phi) is 4.17. The van der Waals surface area contributed by atoms with E-state index in [0.29, 0.717) is 12.8 Å². The zero-order valence-electron chi connectivity index (χ0n) is 7.81. The summed E-state index contributed by atoms with van der Waals surface area (Å²) in [5.74, 6) is -0.0833. The second-order valence-corrected chi connectivity index (χ2v) is 3.17. The van der Waals surface area contributed by atoms with Crippen molar-refractivity contribution in [3.8, 4) is 0 Å². The van der Waals surface area contributed by atoms with Crippen molar-refractivity contribution >= 4 is 23.1 Å². The van der Waals surface area contributed by atoms with Crippen LogP contribution in [0.25, 0.3) is 0 Å². The minimum atomic E-state index is -0.649. The van der Waals surface area contributed by atoms with E-state index >= 15 is 0 Å². The van der Waals surface area contributed by atoms with Crippen molar-refractivity contribution in [3.63, 3.8) is 0 Å². The third-order valence-electron chi connectivity index (χ3n) is 2.34. The van der Waals surface area contributed by atoms with E-state index in [9.17, 15) is 4.79 Å². The number of hydrogen-bond acceptors (Lipinski definition) is 2. The third-order valence-corrected chi connectivity index (χ3v) is 2.73. The molecule has 1 amide bonds. The Labute approximate surface area is 78.7 Å². The lowest BCUT2D eigenvalue weighted by Crippen LogP contribution is -2.47. The van der Waals surface area contributed by atoms with Gasteiger partial charge in [-0.25, -0.2) is 0 Å². The van der Waals surface area contributed by atoms with Crippen LogP contribution >= 0.6 is 12.2 Å². The average molecular weight is 188 g/mol. The first-order valence-corrected chi connectivity index (χ1v) is 4.48. The van der Waals surface area contributed by atoms with Crippen molar-refractivity contribution in [1.82, 2.24) is 5.32 Å². The molecule has 0 saturated heterocycles. The van der Waals surface area contributed by atoms with Crippen LogP contribution in [0.15, 0.2) is 0 Å². The minimum Gasteiger partial charge on any atom is -0.392 e. The van der Waals surface area contributed by atoms with E-state index in [1.54, 1.807) is 7.05 Å². The van der Waals surface area contributed by atoms with Crippen LogP contribution < -0.4 is 11.1 Å². The van der Waals surface area contributed by atoms with E-state index < -0.39 is 5.41 Å². The number of nitrogens with one attached hydrogen (secondary N) is 1. The van der Waals surface area contributed by atoms with Crippen LogP contribution in [0.4, 0.5) is 0 Å². The van der Waals surface area contributed by atoms with Crippen molar-refractivity contribution in [3.05, 3.63) is 0 Å². The predicted molar refractivity (Wildman–Crippen MR) is 53.9 cm³/mol. The maximum atomic E-state index is 11.5. The number of thiocarbonyl (C=S) groups is 1. The van der Waals surface area contributed by atoms with Gasteiger partial charge < -0.3 is 11.1 Å². The molecule has 70 valence electrons. The van der Waals surface area contributed by atoms with Crippen molar-refractivity contribution in [2.75, 3.05) is 7.05 Å². The number of carbonyl (C=O) groups is 1. The molecule has 0 bridgehead atoms. The van der Waals surface area contributed by atoms with Crippen molar-refractivity contribution in [1.29, 1.82) is 0 Å². The topological polar surface area (TPSA) is 55.1 Å². The molecule has 3 nitrogen and oxygen atoms in total. The van der Waals surface area contributed by atoms with Gasteiger partial charge in [-0.1, -0.05) is 26.1 Å². The summed E-state index contributed by atoms with van der Waals surface area (Å²) in [6, 6.07) is 0. The molecule has 0 fully saturated rings. The van der Waals surface area contributed by atoms with E-state index in [1.807, 2.05) is 13.8 Å². The van der Waals surface area contributed by atoms with E-state index in [2.05, 4.69) is 5.32 Å². The van der Waals surface area contributed by atoms with E-state index in [4.69, 9.17) is 18.0 Å². The summed E-state index contributed by atoms with van der Waals surface area (Å²) in [4.78, 5) is 11.7. The molecule has 0 radical (unpaired) electrons. The summed E-state index contributed by atoms with van der Waals surface area (Å²) in [5.41, 5.74) is 4.89. The maximum Gasteiger partial charge on any atom is 0.232 e. The molecule has 0 aliphatic heterocycles. The van der Waals surface area contributed by atoms with Crippen LogP contribution in [0.1, 0.15) is 26.7 Å². The Morgan fingerprint density at radius 2 is 1.92 bits per heavy atom. The van der Waals surface area contributed by atoms with Gasteiger partial charge in [-0.15, -0.1) is 0 Å². The molecule has 3 N–H and O–H groups in total. The van der Waals surface area contributed by atoms with Gasteiger partial charge in [0.25, 0.3) is 0 Å². The van der Waals surface area contributed by atoms with Crippen molar-refractivity contribution in [2.45, 2.75) is 26.7 Å². The van der Waals surface area contributed by atoms with Gasteiger partial charge in [-0.3, -0.25) is 4.79 Å². The molecular formula is C8H16N2OS. The van der Waals surface area contributed by atoms with E-state index in [-0.39, 0.29) is 10.9 Å². The fraction of sp³-hybridized carbons (Fsp3) is 0.750. The second-order valence-electron chi connectivity index (χ2n) is 2.73. The second kappa shape index (κ2) is 4.40. The first-order valence-electron chi connectivity index (χ1n) is 4.07. The highest BCUT2D eigenvalue weighted by Crippen LogP contribution is 2.26. The number of nitrogens with two attached hydrogens (primary N) is 1. The lowest BCUT2D eigenvalue weighted by molar-refractivity contribution is -0.127. The first-order chi connectivity index (χ1) is 5.55. The lowest BCUT2D eigenvalue weighted by atomic mass is 9.81. The Hall–Kier alpha value is -0.640. The van der Waals surface area contributed by atoms with Crippen LogP contribution in [0.2, 0.25) is 0 Å². The highest BCUT2D eigenvalue weighted by Gasteiger charge is 2.37. The maximum absolute atomic E-state index is 11.5. The largest absolute Gasteiger partial charge is 0.392 e. The molecule has 0 saturated carbocycles. The summed E-state index contributed by atoms with van der Waals surface area (Å²) in [6.07, 6.45) is 1.30. The first kappa shape index (κ1) is 11.4. The zero-order chi connectivity index (χ0) is 9.78. The van der Waals surface area contributed by atoms with E-state index in [1.165, 1.54) is 0 Å². The molecule has 4 heteroatoms. The van der Waals surface area contributed by atoms with Crippen LogP contribution in [0.5, 0.6) is 0 Å². The van der Waals surface area contributed by atoms with Gasteiger partial charge >= 0.3 is 0 Å². The Morgan fingerprint density at radius 3 is 2.00 bits per heavy atom. The average Bonchev–Trinajstić information content (AvgIpc) is 2.06. The third kappa shape index (κ3) is 1.75. The van der Waals surface area contributed by atoms with Gasteiger partial charge in [0, 0.05) is 7.05 Å². The SMILES string of the molecule is CCC(CC)(C(=O)NC)C(N)=S. The monoisotopic (exact) mass is 188 g/mol. The molecule has 0 rings (SSSR count). The zero-order valence-corrected chi connectivity index (χ0v) is 8.62. The van der Waals surface area contributed by atoms with Crippen LogP contribution in [0.3, 0.4) is 0 Å². The summed E-state index contributed by atoms with van der Waals surface area (Å²) in [5, 5.41) is 2.58. The van der Waals surface area contributed by atoms with Gasteiger partial charge in [0.2, 0.25) is 5.91 Å². The molecule has 0 aromatic carbocycles. The molecular weight excluding hydrogens is 172 g/mol.